The summed E-state index contributed by atoms with van der Waals surface area (Å²) in [5.41, 5.74) is -0.122. The largest absolute Gasteiger partial charge is 0.482 e. The van der Waals surface area contributed by atoms with E-state index in [2.05, 4.69) is 15.7 Å². The Hall–Kier alpha value is -2.58. The van der Waals surface area contributed by atoms with Crippen LogP contribution in [0.15, 0.2) is 42.7 Å². The first kappa shape index (κ1) is 21.7. The van der Waals surface area contributed by atoms with Crippen molar-refractivity contribution in [3.63, 3.8) is 0 Å². The summed E-state index contributed by atoms with van der Waals surface area (Å²) >= 11 is 0. The van der Waals surface area contributed by atoms with Crippen molar-refractivity contribution < 1.29 is 19.1 Å². The number of anilines is 1. The van der Waals surface area contributed by atoms with E-state index in [1.54, 1.807) is 42.1 Å². The fraction of sp³-hybridized carbons (Fsp3) is 0.421. The van der Waals surface area contributed by atoms with E-state index < -0.39 is 11.5 Å². The van der Waals surface area contributed by atoms with Crippen LogP contribution in [-0.2, 0) is 19.9 Å². The number of esters is 1. The molecule has 2 aromatic rings. The van der Waals surface area contributed by atoms with Gasteiger partial charge in [-0.15, -0.1) is 12.4 Å². The Morgan fingerprint density at radius 1 is 1.29 bits per heavy atom. The summed E-state index contributed by atoms with van der Waals surface area (Å²) in [6.07, 6.45) is 4.81. The van der Waals surface area contributed by atoms with Crippen LogP contribution in [0.5, 0.6) is 5.75 Å². The van der Waals surface area contributed by atoms with Gasteiger partial charge in [0.25, 0.3) is 5.91 Å². The molecule has 28 heavy (non-hydrogen) atoms. The lowest BCUT2D eigenvalue weighted by molar-refractivity contribution is -0.145. The average Bonchev–Trinajstić information content (AvgIpc) is 3.23. The molecule has 1 amide bonds. The summed E-state index contributed by atoms with van der Waals surface area (Å²) in [6.45, 7) is 3.37. The lowest BCUT2D eigenvalue weighted by Crippen LogP contribution is -2.52. The number of benzene rings is 1. The van der Waals surface area contributed by atoms with Crippen LogP contribution < -0.4 is 15.4 Å². The van der Waals surface area contributed by atoms with Gasteiger partial charge in [0, 0.05) is 24.1 Å². The standard InChI is InChI=1S/C19H24N4O4.ClH/c1-2-26-17(24)14-27-16-6-3-5-15(13-16)22-18(25)19(7-10-20-11-8-19)23-12-4-9-21-23;/h3-6,9,12-13,20H,2,7-8,10-11,14H2,1H3,(H,22,25);1H. The Labute approximate surface area is 170 Å². The van der Waals surface area contributed by atoms with Gasteiger partial charge in [-0.2, -0.15) is 5.10 Å². The van der Waals surface area contributed by atoms with Gasteiger partial charge in [-0.3, -0.25) is 9.48 Å². The Morgan fingerprint density at radius 2 is 2.07 bits per heavy atom. The van der Waals surface area contributed by atoms with Crippen molar-refractivity contribution in [1.82, 2.24) is 15.1 Å². The fourth-order valence-corrected chi connectivity index (χ4v) is 3.18. The fourth-order valence-electron chi connectivity index (χ4n) is 3.18. The van der Waals surface area contributed by atoms with Gasteiger partial charge in [0.05, 0.1) is 6.61 Å². The molecule has 0 unspecified atom stereocenters. The molecule has 1 fully saturated rings. The molecule has 1 aliphatic heterocycles. The van der Waals surface area contributed by atoms with E-state index in [1.165, 1.54) is 0 Å². The van der Waals surface area contributed by atoms with E-state index in [9.17, 15) is 9.59 Å². The van der Waals surface area contributed by atoms with Crippen LogP contribution in [0.4, 0.5) is 5.69 Å². The first-order chi connectivity index (χ1) is 13.1. The van der Waals surface area contributed by atoms with Crippen molar-refractivity contribution in [2.75, 3.05) is 31.6 Å². The van der Waals surface area contributed by atoms with Crippen molar-refractivity contribution in [2.24, 2.45) is 0 Å². The number of hydrogen-bond acceptors (Lipinski definition) is 6. The first-order valence-corrected chi connectivity index (χ1v) is 9.05. The van der Waals surface area contributed by atoms with Gasteiger partial charge in [0.15, 0.2) is 6.61 Å². The van der Waals surface area contributed by atoms with Crippen molar-refractivity contribution >= 4 is 30.0 Å². The predicted molar refractivity (Wildman–Crippen MR) is 107 cm³/mol. The molecule has 1 aromatic carbocycles. The van der Waals surface area contributed by atoms with Crippen molar-refractivity contribution in [3.05, 3.63) is 42.7 Å². The van der Waals surface area contributed by atoms with E-state index in [0.29, 0.717) is 30.9 Å². The second kappa shape index (κ2) is 10.1. The number of nitrogens with zero attached hydrogens (tertiary/aromatic N) is 2. The van der Waals surface area contributed by atoms with E-state index in [1.807, 2.05) is 12.3 Å². The third-order valence-electron chi connectivity index (χ3n) is 4.55. The molecule has 1 aromatic heterocycles. The number of carbonyl (C=O) groups excluding carboxylic acids is 2. The van der Waals surface area contributed by atoms with E-state index in [0.717, 1.165) is 13.1 Å². The van der Waals surface area contributed by atoms with Crippen molar-refractivity contribution in [1.29, 1.82) is 0 Å². The lowest BCUT2D eigenvalue weighted by atomic mass is 9.87. The first-order valence-electron chi connectivity index (χ1n) is 9.05. The summed E-state index contributed by atoms with van der Waals surface area (Å²) in [6, 6.07) is 8.78. The minimum atomic E-state index is -0.726. The number of hydrogen-bond donors (Lipinski definition) is 2. The second-order valence-corrected chi connectivity index (χ2v) is 6.31. The molecule has 0 spiro atoms. The Bertz CT molecular complexity index is 776. The predicted octanol–water partition coefficient (Wildman–Crippen LogP) is 1.96. The number of halogens is 1. The summed E-state index contributed by atoms with van der Waals surface area (Å²) < 4.78 is 12.0. The van der Waals surface area contributed by atoms with Crippen LogP contribution in [0, 0.1) is 0 Å². The van der Waals surface area contributed by atoms with Gasteiger partial charge in [-0.25, -0.2) is 4.79 Å². The Morgan fingerprint density at radius 3 is 2.75 bits per heavy atom. The van der Waals surface area contributed by atoms with E-state index >= 15 is 0 Å². The van der Waals surface area contributed by atoms with E-state index in [4.69, 9.17) is 9.47 Å². The molecular weight excluding hydrogens is 384 g/mol. The monoisotopic (exact) mass is 408 g/mol. The normalized spacial score (nSPS) is 15.2. The number of aromatic nitrogens is 2. The van der Waals surface area contributed by atoms with Crippen molar-refractivity contribution in [2.45, 2.75) is 25.3 Å². The van der Waals surface area contributed by atoms with Crippen molar-refractivity contribution in [3.8, 4) is 5.75 Å². The van der Waals surface area contributed by atoms with Crippen LogP contribution in [-0.4, -0.2) is 48.0 Å². The molecule has 0 bridgehead atoms. The van der Waals surface area contributed by atoms with Crippen LogP contribution in [0.1, 0.15) is 19.8 Å². The third kappa shape index (κ3) is 5.02. The quantitative estimate of drug-likeness (QED) is 0.680. The third-order valence-corrected chi connectivity index (χ3v) is 4.55. The molecule has 9 heteroatoms. The molecule has 1 saturated heterocycles. The van der Waals surface area contributed by atoms with E-state index in [-0.39, 0.29) is 24.9 Å². The zero-order chi connectivity index (χ0) is 19.1. The van der Waals surface area contributed by atoms with Gasteiger partial charge >= 0.3 is 5.97 Å². The molecule has 0 radical (unpaired) electrons. The maximum Gasteiger partial charge on any atom is 0.344 e. The molecule has 152 valence electrons. The smallest absolute Gasteiger partial charge is 0.344 e. The van der Waals surface area contributed by atoms with Gasteiger partial charge in [-0.05, 0) is 51.1 Å². The van der Waals surface area contributed by atoms with Gasteiger partial charge in [0.1, 0.15) is 11.3 Å². The summed E-state index contributed by atoms with van der Waals surface area (Å²) in [5.74, 6) is -0.0613. The molecular formula is C19H25ClN4O4. The highest BCUT2D eigenvalue weighted by atomic mass is 35.5. The second-order valence-electron chi connectivity index (χ2n) is 6.31. The Balaban J connectivity index is 0.00000280. The Kier molecular flexibility index (Phi) is 7.83. The van der Waals surface area contributed by atoms with Crippen LogP contribution in [0.25, 0.3) is 0 Å². The molecule has 2 heterocycles. The minimum Gasteiger partial charge on any atom is -0.482 e. The highest BCUT2D eigenvalue weighted by Crippen LogP contribution is 2.29. The molecule has 1 aliphatic rings. The van der Waals surface area contributed by atoms with Gasteiger partial charge in [-0.1, -0.05) is 6.07 Å². The topological polar surface area (TPSA) is 94.5 Å². The zero-order valence-corrected chi connectivity index (χ0v) is 16.5. The number of ether oxygens (including phenoxy) is 2. The lowest BCUT2D eigenvalue weighted by Gasteiger charge is -2.36. The summed E-state index contributed by atoms with van der Waals surface area (Å²) in [5, 5.41) is 10.6. The van der Waals surface area contributed by atoms with Gasteiger partial charge in [0.2, 0.25) is 0 Å². The minimum absolute atomic E-state index is 0. The number of piperidine rings is 1. The summed E-state index contributed by atoms with van der Waals surface area (Å²) in [7, 11) is 0. The molecule has 0 saturated carbocycles. The number of carbonyl (C=O) groups is 2. The molecule has 0 aliphatic carbocycles. The molecule has 8 nitrogen and oxygen atoms in total. The number of rotatable bonds is 7. The molecule has 2 N–H and O–H groups in total. The van der Waals surface area contributed by atoms with Gasteiger partial charge < -0.3 is 20.1 Å². The number of amides is 1. The van der Waals surface area contributed by atoms with Crippen LogP contribution in [0.2, 0.25) is 0 Å². The molecule has 0 atom stereocenters. The highest BCUT2D eigenvalue weighted by molar-refractivity contribution is 5.97. The summed E-state index contributed by atoms with van der Waals surface area (Å²) in [4.78, 5) is 24.6. The number of nitrogens with one attached hydrogen (secondary N) is 2. The zero-order valence-electron chi connectivity index (χ0n) is 15.7. The highest BCUT2D eigenvalue weighted by Gasteiger charge is 2.42. The maximum absolute atomic E-state index is 13.1. The van der Waals surface area contributed by atoms with Crippen LogP contribution >= 0.6 is 12.4 Å². The average molecular weight is 409 g/mol. The maximum atomic E-state index is 13.1. The molecule has 3 rings (SSSR count). The SMILES string of the molecule is CCOC(=O)COc1cccc(NC(=O)C2(n3cccn3)CCNCC2)c1.Cl. The van der Waals surface area contributed by atoms with Crippen LogP contribution in [0.3, 0.4) is 0 Å².